The van der Waals surface area contributed by atoms with E-state index in [2.05, 4.69) is 105 Å². The zero-order valence-corrected chi connectivity index (χ0v) is 24.2. The molecule has 0 heterocycles. The zero-order chi connectivity index (χ0) is 28.0. The lowest BCUT2D eigenvalue weighted by Crippen LogP contribution is -2.24. The summed E-state index contributed by atoms with van der Waals surface area (Å²) in [6, 6.07) is 52.3. The Morgan fingerprint density at radius 1 is 0.415 bits per heavy atom. The molecule has 198 valence electrons. The van der Waals surface area contributed by atoms with Crippen LogP contribution in [0.4, 0.5) is 0 Å². The van der Waals surface area contributed by atoms with Gasteiger partial charge in [0.2, 0.25) is 0 Å². The highest BCUT2D eigenvalue weighted by Gasteiger charge is 2.37. The summed E-state index contributed by atoms with van der Waals surface area (Å²) in [4.78, 5) is 0. The summed E-state index contributed by atoms with van der Waals surface area (Å²) in [5.74, 6) is 0. The number of rotatable bonds is 5. The Balaban J connectivity index is 1.46. The number of fused-ring (bicyclic) bond motifs is 3. The van der Waals surface area contributed by atoms with Crippen molar-refractivity contribution in [1.82, 2.24) is 0 Å². The fraction of sp³-hybridized carbons (Fsp3) is 0.0769. The minimum absolute atomic E-state index is 0.0911. The lowest BCUT2D eigenvalue weighted by atomic mass is 9.80. The second-order valence-electron chi connectivity index (χ2n) is 11.3. The number of hydrogen-bond donors (Lipinski definition) is 0. The van der Waals surface area contributed by atoms with Crippen LogP contribution in [0.15, 0.2) is 152 Å². The molecule has 6 aromatic carbocycles. The molecule has 0 bridgehead atoms. The van der Waals surface area contributed by atoms with E-state index in [0.29, 0.717) is 0 Å². The SMILES string of the molecule is CC1(C)c2ccccc2-c2c1ccc(-c1ccccc1)c2-c1ccc(P(=O)(c2ccccc2)c2ccccc2)cc1. The monoisotopic (exact) mass is 546 g/mol. The van der Waals surface area contributed by atoms with Crippen molar-refractivity contribution in [2.24, 2.45) is 0 Å². The first-order valence-corrected chi connectivity index (χ1v) is 15.9. The molecule has 0 aliphatic heterocycles. The van der Waals surface area contributed by atoms with E-state index in [4.69, 9.17) is 0 Å². The van der Waals surface area contributed by atoms with Crippen molar-refractivity contribution in [2.75, 3.05) is 0 Å². The molecule has 0 saturated heterocycles. The molecule has 1 aliphatic carbocycles. The van der Waals surface area contributed by atoms with Gasteiger partial charge in [0.1, 0.15) is 0 Å². The molecule has 7 rings (SSSR count). The first-order valence-electron chi connectivity index (χ1n) is 14.1. The third-order valence-electron chi connectivity index (χ3n) is 8.59. The molecule has 0 spiro atoms. The van der Waals surface area contributed by atoms with Gasteiger partial charge in [-0.3, -0.25) is 0 Å². The highest BCUT2D eigenvalue weighted by atomic mass is 31.2. The van der Waals surface area contributed by atoms with Gasteiger partial charge in [0.05, 0.1) is 0 Å². The summed E-state index contributed by atoms with van der Waals surface area (Å²) in [5.41, 5.74) is 9.96. The van der Waals surface area contributed by atoms with Gasteiger partial charge in [0.25, 0.3) is 0 Å². The van der Waals surface area contributed by atoms with E-state index in [1.807, 2.05) is 60.7 Å². The normalized spacial score (nSPS) is 13.4. The minimum atomic E-state index is -3.05. The van der Waals surface area contributed by atoms with Gasteiger partial charge in [0.15, 0.2) is 7.14 Å². The molecule has 0 fully saturated rings. The molecule has 0 amide bonds. The van der Waals surface area contributed by atoms with E-state index < -0.39 is 7.14 Å². The average molecular weight is 547 g/mol. The predicted molar refractivity (Wildman–Crippen MR) is 174 cm³/mol. The number of hydrogen-bond acceptors (Lipinski definition) is 1. The summed E-state index contributed by atoms with van der Waals surface area (Å²) >= 11 is 0. The molecule has 1 nitrogen and oxygen atoms in total. The van der Waals surface area contributed by atoms with Crippen molar-refractivity contribution in [3.05, 3.63) is 163 Å². The van der Waals surface area contributed by atoms with Crippen molar-refractivity contribution in [3.8, 4) is 33.4 Å². The second-order valence-corrected chi connectivity index (χ2v) is 14.0. The maximum Gasteiger partial charge on any atom is 0.171 e. The summed E-state index contributed by atoms with van der Waals surface area (Å²) in [6.45, 7) is 4.64. The first kappa shape index (κ1) is 25.5. The molecule has 6 aromatic rings. The van der Waals surface area contributed by atoms with Crippen molar-refractivity contribution in [1.29, 1.82) is 0 Å². The van der Waals surface area contributed by atoms with Crippen LogP contribution in [0.3, 0.4) is 0 Å². The topological polar surface area (TPSA) is 17.1 Å². The lowest BCUT2D eigenvalue weighted by Gasteiger charge is -2.23. The largest absolute Gasteiger partial charge is 0.309 e. The molecular formula is C39H31OP. The summed E-state index contributed by atoms with van der Waals surface area (Å²) in [6.07, 6.45) is 0. The average Bonchev–Trinajstić information content (AvgIpc) is 3.28. The van der Waals surface area contributed by atoms with Crippen LogP contribution in [0.1, 0.15) is 25.0 Å². The molecule has 0 aromatic heterocycles. The Labute approximate surface area is 242 Å². The highest BCUT2D eigenvalue weighted by molar-refractivity contribution is 7.85. The fourth-order valence-electron chi connectivity index (χ4n) is 6.51. The van der Waals surface area contributed by atoms with Crippen LogP contribution in [-0.4, -0.2) is 0 Å². The molecule has 2 heteroatoms. The van der Waals surface area contributed by atoms with E-state index in [1.54, 1.807) is 0 Å². The van der Waals surface area contributed by atoms with Crippen molar-refractivity contribution >= 4 is 23.1 Å². The summed E-state index contributed by atoms with van der Waals surface area (Å²) in [5, 5.41) is 2.54. The Morgan fingerprint density at radius 3 is 1.54 bits per heavy atom. The maximum absolute atomic E-state index is 15.0. The Kier molecular flexibility index (Phi) is 6.15. The molecular weight excluding hydrogens is 515 g/mol. The van der Waals surface area contributed by atoms with Gasteiger partial charge in [-0.05, 0) is 44.5 Å². The van der Waals surface area contributed by atoms with Crippen molar-refractivity contribution < 1.29 is 4.57 Å². The van der Waals surface area contributed by atoms with Crippen molar-refractivity contribution in [3.63, 3.8) is 0 Å². The van der Waals surface area contributed by atoms with Gasteiger partial charge < -0.3 is 4.57 Å². The summed E-state index contributed by atoms with van der Waals surface area (Å²) in [7, 11) is -3.05. The lowest BCUT2D eigenvalue weighted by molar-refractivity contribution is 0.592. The molecule has 0 N–H and O–H groups in total. The van der Waals surface area contributed by atoms with E-state index >= 15 is 0 Å². The molecule has 0 saturated carbocycles. The van der Waals surface area contributed by atoms with Gasteiger partial charge in [-0.25, -0.2) is 0 Å². The highest BCUT2D eigenvalue weighted by Crippen LogP contribution is 2.54. The smallest absolute Gasteiger partial charge is 0.171 e. The number of benzene rings is 6. The van der Waals surface area contributed by atoms with Gasteiger partial charge in [-0.15, -0.1) is 0 Å². The molecule has 0 radical (unpaired) electrons. The molecule has 1 aliphatic rings. The van der Waals surface area contributed by atoms with E-state index in [1.165, 1.54) is 38.9 Å². The molecule has 0 atom stereocenters. The Morgan fingerprint density at radius 2 is 0.927 bits per heavy atom. The zero-order valence-electron chi connectivity index (χ0n) is 23.3. The molecule has 0 unspecified atom stereocenters. The van der Waals surface area contributed by atoms with Crippen LogP contribution in [0, 0.1) is 0 Å². The van der Waals surface area contributed by atoms with Crippen LogP contribution in [-0.2, 0) is 9.98 Å². The standard InChI is InChI=1S/C39H31OP/c1-39(2)35-21-13-12-20-34(35)38-36(39)27-26-33(28-14-6-3-7-15-28)37(38)29-22-24-32(25-23-29)41(40,30-16-8-4-9-17-30)31-18-10-5-11-19-31/h3-27H,1-2H3. The van der Waals surface area contributed by atoms with Crippen LogP contribution < -0.4 is 15.9 Å². The van der Waals surface area contributed by atoms with Crippen LogP contribution >= 0.6 is 7.14 Å². The maximum atomic E-state index is 15.0. The van der Waals surface area contributed by atoms with Crippen LogP contribution in [0.5, 0.6) is 0 Å². The van der Waals surface area contributed by atoms with E-state index in [0.717, 1.165) is 21.5 Å². The third kappa shape index (κ3) is 4.04. The minimum Gasteiger partial charge on any atom is -0.309 e. The van der Waals surface area contributed by atoms with Gasteiger partial charge >= 0.3 is 0 Å². The quantitative estimate of drug-likeness (QED) is 0.197. The van der Waals surface area contributed by atoms with Gasteiger partial charge in [0, 0.05) is 21.3 Å². The van der Waals surface area contributed by atoms with Crippen LogP contribution in [0.2, 0.25) is 0 Å². The van der Waals surface area contributed by atoms with Gasteiger partial charge in [-0.2, -0.15) is 0 Å². The first-order chi connectivity index (χ1) is 20.0. The van der Waals surface area contributed by atoms with Crippen molar-refractivity contribution in [2.45, 2.75) is 19.3 Å². The summed E-state index contributed by atoms with van der Waals surface area (Å²) < 4.78 is 15.0. The second kappa shape index (κ2) is 9.88. The predicted octanol–water partition coefficient (Wildman–Crippen LogP) is 8.97. The molecule has 41 heavy (non-hydrogen) atoms. The fourth-order valence-corrected chi connectivity index (χ4v) is 9.16. The Bertz CT molecular complexity index is 1860. The van der Waals surface area contributed by atoms with Gasteiger partial charge in [-0.1, -0.05) is 166 Å². The van der Waals surface area contributed by atoms with E-state index in [9.17, 15) is 4.57 Å². The Hall–Kier alpha value is -4.45. The van der Waals surface area contributed by atoms with E-state index in [-0.39, 0.29) is 5.41 Å². The van der Waals surface area contributed by atoms with Crippen LogP contribution in [0.25, 0.3) is 33.4 Å². The third-order valence-corrected chi connectivity index (χ3v) is 11.7.